The van der Waals surface area contributed by atoms with E-state index in [1.165, 1.54) is 50.9 Å². The first-order valence-electron chi connectivity index (χ1n) is 9.01. The van der Waals surface area contributed by atoms with Crippen molar-refractivity contribution >= 4 is 0 Å². The molecule has 1 saturated carbocycles. The van der Waals surface area contributed by atoms with Gasteiger partial charge in [0.1, 0.15) is 5.75 Å². The molecule has 122 valence electrons. The molecule has 3 heteroatoms. The van der Waals surface area contributed by atoms with E-state index in [0.29, 0.717) is 0 Å². The Hall–Kier alpha value is -1.06. The van der Waals surface area contributed by atoms with Crippen LogP contribution in [0.2, 0.25) is 0 Å². The van der Waals surface area contributed by atoms with Crippen LogP contribution in [0.4, 0.5) is 0 Å². The Balaban J connectivity index is 1.41. The maximum Gasteiger partial charge on any atom is 0.119 e. The minimum Gasteiger partial charge on any atom is -0.494 e. The summed E-state index contributed by atoms with van der Waals surface area (Å²) in [6, 6.07) is 9.34. The smallest absolute Gasteiger partial charge is 0.119 e. The molecule has 0 aromatic heterocycles. The number of hydrogen-bond acceptors (Lipinski definition) is 3. The fraction of sp³-hybridized carbons (Fsp3) is 0.684. The van der Waals surface area contributed by atoms with Crippen LogP contribution < -0.4 is 10.1 Å². The normalized spacial score (nSPS) is 20.2. The summed E-state index contributed by atoms with van der Waals surface area (Å²) in [5, 5.41) is 3.75. The minimum atomic E-state index is 0.746. The van der Waals surface area contributed by atoms with E-state index in [1.807, 2.05) is 0 Å². The topological polar surface area (TPSA) is 24.5 Å². The molecule has 2 fully saturated rings. The standard InChI is InChI=1S/C19H30N2O/c1-2-12-22-19-5-3-4-17(13-19)15-21-10-8-18(9-11-21)20-14-16-6-7-16/h3-5,13,16,18,20H,2,6-12,14-15H2,1H3. The van der Waals surface area contributed by atoms with Crippen LogP contribution in [0.3, 0.4) is 0 Å². The first-order chi connectivity index (χ1) is 10.8. The molecule has 3 nitrogen and oxygen atoms in total. The van der Waals surface area contributed by atoms with Gasteiger partial charge in [-0.2, -0.15) is 0 Å². The van der Waals surface area contributed by atoms with Gasteiger partial charge in [0.15, 0.2) is 0 Å². The van der Waals surface area contributed by atoms with Gasteiger partial charge >= 0.3 is 0 Å². The van der Waals surface area contributed by atoms with E-state index in [0.717, 1.165) is 37.3 Å². The van der Waals surface area contributed by atoms with Gasteiger partial charge in [-0.05, 0) is 75.4 Å². The van der Waals surface area contributed by atoms with E-state index in [2.05, 4.69) is 41.4 Å². The summed E-state index contributed by atoms with van der Waals surface area (Å²) in [6.45, 7) is 7.68. The number of hydrogen-bond donors (Lipinski definition) is 1. The van der Waals surface area contributed by atoms with Gasteiger partial charge in [-0.1, -0.05) is 19.1 Å². The van der Waals surface area contributed by atoms with Crippen molar-refractivity contribution in [1.29, 1.82) is 0 Å². The molecule has 0 atom stereocenters. The van der Waals surface area contributed by atoms with Crippen LogP contribution >= 0.6 is 0 Å². The molecule has 0 bridgehead atoms. The van der Waals surface area contributed by atoms with Crippen molar-refractivity contribution in [2.75, 3.05) is 26.2 Å². The zero-order chi connectivity index (χ0) is 15.2. The summed E-state index contributed by atoms with van der Waals surface area (Å²) in [6.07, 6.45) is 6.54. The van der Waals surface area contributed by atoms with E-state index in [1.54, 1.807) is 0 Å². The molecule has 1 aromatic carbocycles. The average molecular weight is 302 g/mol. The van der Waals surface area contributed by atoms with Crippen molar-refractivity contribution in [3.05, 3.63) is 29.8 Å². The van der Waals surface area contributed by atoms with E-state index < -0.39 is 0 Å². The van der Waals surface area contributed by atoms with Crippen LogP contribution in [0.1, 0.15) is 44.6 Å². The monoisotopic (exact) mass is 302 g/mol. The Kier molecular flexibility index (Phi) is 5.74. The lowest BCUT2D eigenvalue weighted by Gasteiger charge is -2.32. The highest BCUT2D eigenvalue weighted by Gasteiger charge is 2.24. The lowest BCUT2D eigenvalue weighted by molar-refractivity contribution is 0.190. The van der Waals surface area contributed by atoms with E-state index in [4.69, 9.17) is 4.74 Å². The van der Waals surface area contributed by atoms with Crippen molar-refractivity contribution < 1.29 is 4.74 Å². The zero-order valence-electron chi connectivity index (χ0n) is 13.9. The van der Waals surface area contributed by atoms with Crippen LogP contribution in [0.15, 0.2) is 24.3 Å². The van der Waals surface area contributed by atoms with Crippen molar-refractivity contribution in [3.63, 3.8) is 0 Å². The van der Waals surface area contributed by atoms with Gasteiger partial charge in [0.2, 0.25) is 0 Å². The third kappa shape index (κ3) is 4.99. The molecule has 2 aliphatic rings. The lowest BCUT2D eigenvalue weighted by atomic mass is 10.0. The molecular weight excluding hydrogens is 272 g/mol. The molecule has 0 spiro atoms. The summed E-state index contributed by atoms with van der Waals surface area (Å²) in [5.74, 6) is 2.00. The maximum absolute atomic E-state index is 5.73. The SMILES string of the molecule is CCCOc1cccc(CN2CCC(NCC3CC3)CC2)c1. The largest absolute Gasteiger partial charge is 0.494 e. The molecule has 0 amide bonds. The molecule has 1 heterocycles. The van der Waals surface area contributed by atoms with Gasteiger partial charge in [0.05, 0.1) is 6.61 Å². The molecule has 22 heavy (non-hydrogen) atoms. The Bertz CT molecular complexity index is 451. The maximum atomic E-state index is 5.73. The number of rotatable bonds is 8. The summed E-state index contributed by atoms with van der Waals surface area (Å²) >= 11 is 0. The molecule has 1 aliphatic heterocycles. The molecule has 1 aromatic rings. The first kappa shape index (κ1) is 15.8. The van der Waals surface area contributed by atoms with E-state index in [-0.39, 0.29) is 0 Å². The molecule has 1 saturated heterocycles. The second-order valence-corrected chi connectivity index (χ2v) is 6.90. The average Bonchev–Trinajstić information content (AvgIpc) is 3.37. The fourth-order valence-corrected chi connectivity index (χ4v) is 3.16. The Morgan fingerprint density at radius 3 is 2.73 bits per heavy atom. The van der Waals surface area contributed by atoms with E-state index in [9.17, 15) is 0 Å². The number of piperidine rings is 1. The van der Waals surface area contributed by atoms with Gasteiger partial charge in [-0.15, -0.1) is 0 Å². The number of nitrogens with zero attached hydrogens (tertiary/aromatic N) is 1. The Morgan fingerprint density at radius 2 is 2.00 bits per heavy atom. The first-order valence-corrected chi connectivity index (χ1v) is 9.01. The third-order valence-electron chi connectivity index (χ3n) is 4.76. The molecule has 3 rings (SSSR count). The van der Waals surface area contributed by atoms with Gasteiger partial charge < -0.3 is 10.1 Å². The molecule has 1 N–H and O–H groups in total. The Morgan fingerprint density at radius 1 is 1.18 bits per heavy atom. The van der Waals surface area contributed by atoms with Crippen LogP contribution in [0.5, 0.6) is 5.75 Å². The lowest BCUT2D eigenvalue weighted by Crippen LogP contribution is -2.42. The number of nitrogens with one attached hydrogen (secondary N) is 1. The molecule has 1 aliphatic carbocycles. The predicted molar refractivity (Wildman–Crippen MR) is 91.3 cm³/mol. The van der Waals surface area contributed by atoms with Crippen LogP contribution in [-0.2, 0) is 6.54 Å². The van der Waals surface area contributed by atoms with Crippen molar-refractivity contribution in [2.45, 2.75) is 51.6 Å². The van der Waals surface area contributed by atoms with Gasteiger partial charge in [0.25, 0.3) is 0 Å². The highest BCUT2D eigenvalue weighted by molar-refractivity contribution is 5.28. The number of benzene rings is 1. The third-order valence-corrected chi connectivity index (χ3v) is 4.76. The highest BCUT2D eigenvalue weighted by atomic mass is 16.5. The van der Waals surface area contributed by atoms with Crippen molar-refractivity contribution in [3.8, 4) is 5.75 Å². The molecular formula is C19H30N2O. The van der Waals surface area contributed by atoms with Crippen LogP contribution in [-0.4, -0.2) is 37.2 Å². The van der Waals surface area contributed by atoms with Crippen LogP contribution in [0, 0.1) is 5.92 Å². The van der Waals surface area contributed by atoms with Gasteiger partial charge in [-0.3, -0.25) is 4.90 Å². The predicted octanol–water partition coefficient (Wildman–Crippen LogP) is 3.44. The number of likely N-dealkylation sites (tertiary alicyclic amines) is 1. The summed E-state index contributed by atoms with van der Waals surface area (Å²) in [4.78, 5) is 2.58. The molecule has 0 radical (unpaired) electrons. The van der Waals surface area contributed by atoms with Gasteiger partial charge in [0, 0.05) is 12.6 Å². The summed E-state index contributed by atoms with van der Waals surface area (Å²) in [7, 11) is 0. The fourth-order valence-electron chi connectivity index (χ4n) is 3.16. The summed E-state index contributed by atoms with van der Waals surface area (Å²) in [5.41, 5.74) is 1.37. The second kappa shape index (κ2) is 7.98. The Labute approximate surface area is 135 Å². The zero-order valence-corrected chi connectivity index (χ0v) is 13.9. The van der Waals surface area contributed by atoms with Crippen LogP contribution in [0.25, 0.3) is 0 Å². The second-order valence-electron chi connectivity index (χ2n) is 6.90. The number of ether oxygens (including phenoxy) is 1. The van der Waals surface area contributed by atoms with E-state index >= 15 is 0 Å². The van der Waals surface area contributed by atoms with Crippen molar-refractivity contribution in [1.82, 2.24) is 10.2 Å². The molecule has 0 unspecified atom stereocenters. The quantitative estimate of drug-likeness (QED) is 0.796. The van der Waals surface area contributed by atoms with Gasteiger partial charge in [-0.25, -0.2) is 0 Å². The minimum absolute atomic E-state index is 0.746. The van der Waals surface area contributed by atoms with Crippen molar-refractivity contribution in [2.24, 2.45) is 5.92 Å². The summed E-state index contributed by atoms with van der Waals surface area (Å²) < 4.78 is 5.73. The highest BCUT2D eigenvalue weighted by Crippen LogP contribution is 2.28.